The number of hydrogen-bond donors (Lipinski definition) is 1. The molecule has 25 heavy (non-hydrogen) atoms. The van der Waals surface area contributed by atoms with E-state index in [0.717, 1.165) is 16.9 Å². The second kappa shape index (κ2) is 6.89. The number of nitrogens with one attached hydrogen (secondary N) is 1. The van der Waals surface area contributed by atoms with Crippen molar-refractivity contribution in [2.45, 2.75) is 33.7 Å². The SMILES string of the molecule is Cc1ccc(-n2nnc(C(=O)N[C@@H](C)c3ccccc3)c2C)cc1C. The van der Waals surface area contributed by atoms with Gasteiger partial charge < -0.3 is 5.32 Å². The Labute approximate surface area is 147 Å². The molecule has 1 N–H and O–H groups in total. The van der Waals surface area contributed by atoms with Crippen molar-refractivity contribution in [3.05, 3.63) is 76.6 Å². The minimum absolute atomic E-state index is 0.0973. The molecule has 0 aliphatic carbocycles. The third-order valence-corrected chi connectivity index (χ3v) is 4.49. The maximum absolute atomic E-state index is 12.6. The van der Waals surface area contributed by atoms with Crippen molar-refractivity contribution in [1.82, 2.24) is 20.3 Å². The van der Waals surface area contributed by atoms with Gasteiger partial charge in [0.15, 0.2) is 5.69 Å². The quantitative estimate of drug-likeness (QED) is 0.792. The number of nitrogens with zero attached hydrogens (tertiary/aromatic N) is 3. The van der Waals surface area contributed by atoms with E-state index in [1.807, 2.05) is 62.4 Å². The minimum Gasteiger partial charge on any atom is -0.344 e. The molecule has 0 saturated heterocycles. The summed E-state index contributed by atoms with van der Waals surface area (Å²) >= 11 is 0. The topological polar surface area (TPSA) is 59.8 Å². The zero-order valence-corrected chi connectivity index (χ0v) is 14.9. The summed E-state index contributed by atoms with van der Waals surface area (Å²) in [7, 11) is 0. The molecule has 1 atom stereocenters. The van der Waals surface area contributed by atoms with Crippen molar-refractivity contribution in [1.29, 1.82) is 0 Å². The van der Waals surface area contributed by atoms with Crippen molar-refractivity contribution < 1.29 is 4.79 Å². The Morgan fingerprint density at radius 3 is 2.44 bits per heavy atom. The molecule has 2 aromatic carbocycles. The average molecular weight is 334 g/mol. The fraction of sp³-hybridized carbons (Fsp3) is 0.250. The molecule has 5 heteroatoms. The van der Waals surface area contributed by atoms with Gasteiger partial charge in [0.05, 0.1) is 17.4 Å². The van der Waals surface area contributed by atoms with Gasteiger partial charge in [0.2, 0.25) is 0 Å². The monoisotopic (exact) mass is 334 g/mol. The van der Waals surface area contributed by atoms with E-state index in [0.29, 0.717) is 5.69 Å². The van der Waals surface area contributed by atoms with Crippen molar-refractivity contribution in [2.75, 3.05) is 0 Å². The van der Waals surface area contributed by atoms with Gasteiger partial charge in [-0.25, -0.2) is 4.68 Å². The van der Waals surface area contributed by atoms with Crippen LogP contribution >= 0.6 is 0 Å². The summed E-state index contributed by atoms with van der Waals surface area (Å²) in [5, 5.41) is 11.2. The lowest BCUT2D eigenvalue weighted by Crippen LogP contribution is -2.27. The highest BCUT2D eigenvalue weighted by atomic mass is 16.2. The molecule has 0 bridgehead atoms. The maximum atomic E-state index is 12.6. The Morgan fingerprint density at radius 2 is 1.76 bits per heavy atom. The summed E-state index contributed by atoms with van der Waals surface area (Å²) in [6.07, 6.45) is 0. The van der Waals surface area contributed by atoms with Crippen LogP contribution in [0.1, 0.15) is 45.8 Å². The standard InChI is InChI=1S/C20H22N4O/c1-13-10-11-18(12-14(13)2)24-16(4)19(22-23-24)20(25)21-15(3)17-8-6-5-7-9-17/h5-12,15H,1-4H3,(H,21,25)/t15-/m0/s1. The molecule has 0 unspecified atom stereocenters. The summed E-state index contributed by atoms with van der Waals surface area (Å²) < 4.78 is 1.70. The van der Waals surface area contributed by atoms with Crippen LogP contribution in [0.15, 0.2) is 48.5 Å². The molecule has 0 radical (unpaired) electrons. The molecular weight excluding hydrogens is 312 g/mol. The molecule has 3 rings (SSSR count). The highest BCUT2D eigenvalue weighted by molar-refractivity contribution is 5.93. The van der Waals surface area contributed by atoms with E-state index in [2.05, 4.69) is 29.5 Å². The normalized spacial score (nSPS) is 12.0. The zero-order chi connectivity index (χ0) is 18.0. The van der Waals surface area contributed by atoms with Crippen molar-refractivity contribution in [3.8, 4) is 5.69 Å². The summed E-state index contributed by atoms with van der Waals surface area (Å²) in [5.74, 6) is -0.219. The van der Waals surface area contributed by atoms with Crippen LogP contribution < -0.4 is 5.32 Å². The van der Waals surface area contributed by atoms with Crippen LogP contribution in [0.4, 0.5) is 0 Å². The Bertz CT molecular complexity index is 899. The molecule has 0 fully saturated rings. The molecule has 1 heterocycles. The average Bonchev–Trinajstić information content (AvgIpc) is 2.99. The Balaban J connectivity index is 1.83. The number of carbonyl (C=O) groups is 1. The lowest BCUT2D eigenvalue weighted by molar-refractivity contribution is 0.0934. The predicted octanol–water partition coefficient (Wildman–Crippen LogP) is 3.68. The second-order valence-electron chi connectivity index (χ2n) is 6.31. The maximum Gasteiger partial charge on any atom is 0.274 e. The van der Waals surface area contributed by atoms with Gasteiger partial charge in [0.25, 0.3) is 5.91 Å². The lowest BCUT2D eigenvalue weighted by atomic mass is 10.1. The second-order valence-corrected chi connectivity index (χ2v) is 6.31. The third kappa shape index (κ3) is 3.45. The van der Waals surface area contributed by atoms with Gasteiger partial charge in [-0.1, -0.05) is 41.6 Å². The highest BCUT2D eigenvalue weighted by Crippen LogP contribution is 2.17. The van der Waals surface area contributed by atoms with Crippen LogP contribution in [-0.4, -0.2) is 20.9 Å². The first-order valence-corrected chi connectivity index (χ1v) is 8.33. The van der Waals surface area contributed by atoms with Crippen LogP contribution in [0.5, 0.6) is 0 Å². The minimum atomic E-state index is -0.219. The summed E-state index contributed by atoms with van der Waals surface area (Å²) in [5.41, 5.74) is 5.42. The Kier molecular flexibility index (Phi) is 4.65. The molecule has 0 aliphatic heterocycles. The first kappa shape index (κ1) is 16.9. The van der Waals surface area contributed by atoms with Crippen LogP contribution in [0.2, 0.25) is 0 Å². The molecule has 128 valence electrons. The Morgan fingerprint density at radius 1 is 1.04 bits per heavy atom. The van der Waals surface area contributed by atoms with E-state index in [4.69, 9.17) is 0 Å². The van der Waals surface area contributed by atoms with Gasteiger partial charge >= 0.3 is 0 Å². The van der Waals surface area contributed by atoms with Gasteiger partial charge in [-0.2, -0.15) is 0 Å². The van der Waals surface area contributed by atoms with Crippen molar-refractivity contribution >= 4 is 5.91 Å². The van der Waals surface area contributed by atoms with Crippen molar-refractivity contribution in [3.63, 3.8) is 0 Å². The number of aromatic nitrogens is 3. The van der Waals surface area contributed by atoms with Crippen LogP contribution in [0.3, 0.4) is 0 Å². The van der Waals surface area contributed by atoms with Gasteiger partial charge in [-0.05, 0) is 56.5 Å². The first-order valence-electron chi connectivity index (χ1n) is 8.33. The molecular formula is C20H22N4O. The first-order chi connectivity index (χ1) is 12.0. The molecule has 0 spiro atoms. The summed E-state index contributed by atoms with van der Waals surface area (Å²) in [4.78, 5) is 12.6. The summed E-state index contributed by atoms with van der Waals surface area (Å²) in [6, 6.07) is 15.8. The third-order valence-electron chi connectivity index (χ3n) is 4.49. The van der Waals surface area contributed by atoms with E-state index in [-0.39, 0.29) is 11.9 Å². The van der Waals surface area contributed by atoms with Crippen LogP contribution in [0.25, 0.3) is 5.69 Å². The van der Waals surface area contributed by atoms with E-state index < -0.39 is 0 Å². The summed E-state index contributed by atoms with van der Waals surface area (Å²) in [6.45, 7) is 7.94. The smallest absolute Gasteiger partial charge is 0.274 e. The van der Waals surface area contributed by atoms with E-state index >= 15 is 0 Å². The van der Waals surface area contributed by atoms with Crippen LogP contribution in [-0.2, 0) is 0 Å². The molecule has 5 nitrogen and oxygen atoms in total. The van der Waals surface area contributed by atoms with Gasteiger partial charge in [0, 0.05) is 0 Å². The van der Waals surface area contributed by atoms with Crippen LogP contribution in [0, 0.1) is 20.8 Å². The molecule has 1 amide bonds. The number of benzene rings is 2. The van der Waals surface area contributed by atoms with Crippen molar-refractivity contribution in [2.24, 2.45) is 0 Å². The number of carbonyl (C=O) groups excluding carboxylic acids is 1. The predicted molar refractivity (Wildman–Crippen MR) is 97.9 cm³/mol. The molecule has 0 aliphatic rings. The highest BCUT2D eigenvalue weighted by Gasteiger charge is 2.19. The largest absolute Gasteiger partial charge is 0.344 e. The lowest BCUT2D eigenvalue weighted by Gasteiger charge is -2.13. The van der Waals surface area contributed by atoms with Gasteiger partial charge in [0.1, 0.15) is 0 Å². The number of hydrogen-bond acceptors (Lipinski definition) is 3. The zero-order valence-electron chi connectivity index (χ0n) is 14.9. The molecule has 3 aromatic rings. The van der Waals surface area contributed by atoms with Gasteiger partial charge in [-0.3, -0.25) is 4.79 Å². The van der Waals surface area contributed by atoms with Gasteiger partial charge in [-0.15, -0.1) is 5.10 Å². The number of amides is 1. The fourth-order valence-electron chi connectivity index (χ4n) is 2.73. The molecule has 1 aromatic heterocycles. The van der Waals surface area contributed by atoms with E-state index in [9.17, 15) is 4.79 Å². The fourth-order valence-corrected chi connectivity index (χ4v) is 2.73. The van der Waals surface area contributed by atoms with E-state index in [1.165, 1.54) is 11.1 Å². The Hall–Kier alpha value is -2.95. The number of rotatable bonds is 4. The van der Waals surface area contributed by atoms with E-state index in [1.54, 1.807) is 4.68 Å². The molecule has 0 saturated carbocycles. The number of aryl methyl sites for hydroxylation is 2.